The lowest BCUT2D eigenvalue weighted by molar-refractivity contribution is -0.146. The molecule has 2 aromatic carbocycles. The lowest BCUT2D eigenvalue weighted by atomic mass is 10.0. The van der Waals surface area contributed by atoms with Gasteiger partial charge in [-0.1, -0.05) is 31.2 Å². The van der Waals surface area contributed by atoms with Gasteiger partial charge in [0.05, 0.1) is 18.8 Å². The predicted octanol–water partition coefficient (Wildman–Crippen LogP) is 3.97. The van der Waals surface area contributed by atoms with E-state index in [-0.39, 0.29) is 23.7 Å². The highest BCUT2D eigenvalue weighted by Gasteiger charge is 2.35. The number of carbonyl (C=O) groups excluding carboxylic acids is 1. The van der Waals surface area contributed by atoms with Gasteiger partial charge < -0.3 is 14.8 Å². The quantitative estimate of drug-likeness (QED) is 0.576. The van der Waals surface area contributed by atoms with Crippen LogP contribution < -0.4 is 15.6 Å². The molecule has 0 radical (unpaired) electrons. The summed E-state index contributed by atoms with van der Waals surface area (Å²) in [4.78, 5) is 29.9. The third-order valence-corrected chi connectivity index (χ3v) is 6.18. The van der Waals surface area contributed by atoms with Crippen LogP contribution in [0.3, 0.4) is 0 Å². The number of rotatable bonds is 6. The highest BCUT2D eigenvalue weighted by Crippen LogP contribution is 2.36. The van der Waals surface area contributed by atoms with Crippen molar-refractivity contribution in [2.24, 2.45) is 7.05 Å². The standard InChI is InChI=1S/C26H29N3O4/c1-6-21-25(28-23-20-10-8-7-9-17(20)14-22(23)33-16(3)30)29(4)26(31)24(27-21)19-12-11-18(32-5)13-15(19)2/h7-13,22-23,28H,6,14H2,1-5H3/t22-,23+/m0/s1. The third-order valence-electron chi connectivity index (χ3n) is 6.18. The Hall–Kier alpha value is -3.61. The minimum absolute atomic E-state index is 0.196. The minimum atomic E-state index is -0.358. The maximum absolute atomic E-state index is 13.4. The van der Waals surface area contributed by atoms with Crippen molar-refractivity contribution in [2.45, 2.75) is 45.8 Å². The van der Waals surface area contributed by atoms with Gasteiger partial charge >= 0.3 is 5.97 Å². The second kappa shape index (κ2) is 9.10. The maximum Gasteiger partial charge on any atom is 0.302 e. The number of hydrogen-bond donors (Lipinski definition) is 1. The Morgan fingerprint density at radius 3 is 2.67 bits per heavy atom. The normalized spacial score (nSPS) is 16.9. The summed E-state index contributed by atoms with van der Waals surface area (Å²) in [6.45, 7) is 5.37. The molecule has 1 N–H and O–H groups in total. The van der Waals surface area contributed by atoms with Crippen LogP contribution in [0.4, 0.5) is 5.82 Å². The molecule has 0 aliphatic heterocycles. The molecule has 0 saturated heterocycles. The van der Waals surface area contributed by atoms with Gasteiger partial charge in [-0.05, 0) is 48.2 Å². The molecule has 3 aromatic rings. The van der Waals surface area contributed by atoms with Gasteiger partial charge in [-0.15, -0.1) is 0 Å². The van der Waals surface area contributed by atoms with Crippen molar-refractivity contribution in [2.75, 3.05) is 12.4 Å². The Kier molecular flexibility index (Phi) is 6.22. The van der Waals surface area contributed by atoms with Gasteiger partial charge in [-0.3, -0.25) is 14.2 Å². The molecule has 7 nitrogen and oxygen atoms in total. The van der Waals surface area contributed by atoms with Crippen molar-refractivity contribution in [3.63, 3.8) is 0 Å². The summed E-state index contributed by atoms with van der Waals surface area (Å²) in [5.74, 6) is 1.04. The molecule has 1 aliphatic carbocycles. The Labute approximate surface area is 193 Å². The first-order valence-electron chi connectivity index (χ1n) is 11.1. The smallest absolute Gasteiger partial charge is 0.302 e. The first-order valence-corrected chi connectivity index (χ1v) is 11.1. The van der Waals surface area contributed by atoms with Crippen LogP contribution in [0.15, 0.2) is 47.3 Å². The molecular formula is C26H29N3O4. The van der Waals surface area contributed by atoms with Crippen LogP contribution >= 0.6 is 0 Å². The highest BCUT2D eigenvalue weighted by molar-refractivity contribution is 5.67. The molecule has 1 heterocycles. The van der Waals surface area contributed by atoms with E-state index in [1.807, 2.05) is 56.3 Å². The van der Waals surface area contributed by atoms with Crippen molar-refractivity contribution in [3.8, 4) is 17.0 Å². The van der Waals surface area contributed by atoms with Gasteiger partial charge in [0.1, 0.15) is 23.4 Å². The van der Waals surface area contributed by atoms with Gasteiger partial charge in [0.2, 0.25) is 0 Å². The van der Waals surface area contributed by atoms with Crippen molar-refractivity contribution in [1.29, 1.82) is 0 Å². The van der Waals surface area contributed by atoms with Crippen LogP contribution in [-0.4, -0.2) is 28.7 Å². The lowest BCUT2D eigenvalue weighted by Gasteiger charge is -2.25. The van der Waals surface area contributed by atoms with Crippen molar-refractivity contribution in [3.05, 3.63) is 75.2 Å². The molecule has 4 rings (SSSR count). The van der Waals surface area contributed by atoms with E-state index in [0.29, 0.717) is 24.4 Å². The number of methoxy groups -OCH3 is 1. The maximum atomic E-state index is 13.4. The SMILES string of the molecule is CCc1nc(-c2ccc(OC)cc2C)c(=O)n(C)c1N[C@@H]1c2ccccc2C[C@@H]1OC(C)=O. The van der Waals surface area contributed by atoms with Crippen molar-refractivity contribution < 1.29 is 14.3 Å². The van der Waals surface area contributed by atoms with E-state index in [4.69, 9.17) is 14.5 Å². The van der Waals surface area contributed by atoms with E-state index < -0.39 is 0 Å². The lowest BCUT2D eigenvalue weighted by Crippen LogP contribution is -2.31. The molecule has 0 amide bonds. The van der Waals surface area contributed by atoms with Crippen LogP contribution in [0.5, 0.6) is 5.75 Å². The molecule has 0 unspecified atom stereocenters. The van der Waals surface area contributed by atoms with Crippen molar-refractivity contribution in [1.82, 2.24) is 9.55 Å². The number of fused-ring (bicyclic) bond motifs is 1. The predicted molar refractivity (Wildman–Crippen MR) is 128 cm³/mol. The van der Waals surface area contributed by atoms with E-state index in [9.17, 15) is 9.59 Å². The largest absolute Gasteiger partial charge is 0.497 e. The number of ether oxygens (including phenoxy) is 2. The number of anilines is 1. The molecule has 0 spiro atoms. The van der Waals surface area contributed by atoms with Gasteiger partial charge in [0, 0.05) is 26.0 Å². The Morgan fingerprint density at radius 2 is 2.00 bits per heavy atom. The molecule has 1 aliphatic rings. The van der Waals surface area contributed by atoms with E-state index >= 15 is 0 Å². The monoisotopic (exact) mass is 447 g/mol. The van der Waals surface area contributed by atoms with E-state index in [1.54, 1.807) is 18.7 Å². The number of nitrogens with zero attached hydrogens (tertiary/aromatic N) is 2. The zero-order valence-electron chi connectivity index (χ0n) is 19.6. The van der Waals surface area contributed by atoms with Gasteiger partial charge in [0.25, 0.3) is 5.56 Å². The average molecular weight is 448 g/mol. The Morgan fingerprint density at radius 1 is 1.24 bits per heavy atom. The summed E-state index contributed by atoms with van der Waals surface area (Å²) < 4.78 is 12.5. The molecule has 0 saturated carbocycles. The summed E-state index contributed by atoms with van der Waals surface area (Å²) in [6.07, 6.45) is 0.896. The molecule has 1 aromatic heterocycles. The zero-order chi connectivity index (χ0) is 23.7. The molecule has 33 heavy (non-hydrogen) atoms. The van der Waals surface area contributed by atoms with E-state index in [1.165, 1.54) is 6.92 Å². The van der Waals surface area contributed by atoms with Gasteiger partial charge in [0.15, 0.2) is 0 Å². The number of nitrogens with one attached hydrogen (secondary N) is 1. The zero-order valence-corrected chi connectivity index (χ0v) is 19.6. The first kappa shape index (κ1) is 22.6. The van der Waals surface area contributed by atoms with Crippen LogP contribution in [0.25, 0.3) is 11.3 Å². The number of esters is 1. The molecular weight excluding hydrogens is 418 g/mol. The first-order chi connectivity index (χ1) is 15.8. The summed E-state index contributed by atoms with van der Waals surface area (Å²) >= 11 is 0. The number of aromatic nitrogens is 2. The fourth-order valence-electron chi connectivity index (χ4n) is 4.52. The summed E-state index contributed by atoms with van der Waals surface area (Å²) in [7, 11) is 3.36. The molecule has 7 heteroatoms. The van der Waals surface area contributed by atoms with Crippen LogP contribution in [-0.2, 0) is 29.4 Å². The fourth-order valence-corrected chi connectivity index (χ4v) is 4.52. The van der Waals surface area contributed by atoms with Crippen LogP contribution in [0.2, 0.25) is 0 Å². The van der Waals surface area contributed by atoms with Gasteiger partial charge in [-0.2, -0.15) is 0 Å². The molecule has 172 valence electrons. The van der Waals surface area contributed by atoms with Crippen molar-refractivity contribution >= 4 is 11.8 Å². The Balaban J connectivity index is 1.78. The second-order valence-corrected chi connectivity index (χ2v) is 8.33. The fraction of sp³-hybridized carbons (Fsp3) is 0.346. The van der Waals surface area contributed by atoms with Crippen LogP contribution in [0.1, 0.15) is 42.3 Å². The number of carbonyl (C=O) groups is 1. The molecule has 0 fully saturated rings. The second-order valence-electron chi connectivity index (χ2n) is 8.33. The Bertz CT molecular complexity index is 1260. The van der Waals surface area contributed by atoms with E-state index in [2.05, 4.69) is 5.32 Å². The summed E-state index contributed by atoms with van der Waals surface area (Å²) in [6, 6.07) is 13.4. The number of hydrogen-bond acceptors (Lipinski definition) is 6. The van der Waals surface area contributed by atoms with Crippen LogP contribution in [0, 0.1) is 6.92 Å². The third kappa shape index (κ3) is 4.23. The van der Waals surface area contributed by atoms with Gasteiger partial charge in [-0.25, -0.2) is 4.98 Å². The molecule has 2 atom stereocenters. The average Bonchev–Trinajstić information content (AvgIpc) is 3.13. The topological polar surface area (TPSA) is 82.4 Å². The van der Waals surface area contributed by atoms with E-state index in [0.717, 1.165) is 33.7 Å². The number of benzene rings is 2. The summed E-state index contributed by atoms with van der Waals surface area (Å²) in [5, 5.41) is 3.50. The minimum Gasteiger partial charge on any atom is -0.497 e. The summed E-state index contributed by atoms with van der Waals surface area (Å²) in [5.41, 5.74) is 4.87. The highest BCUT2D eigenvalue weighted by atomic mass is 16.5. The number of aryl methyl sites for hydroxylation is 2. The molecule has 0 bridgehead atoms.